The van der Waals surface area contributed by atoms with Crippen LogP contribution in [0.5, 0.6) is 0 Å². The second-order valence-electron chi connectivity index (χ2n) is 6.29. The molecule has 1 fully saturated rings. The van der Waals surface area contributed by atoms with Gasteiger partial charge in [0.2, 0.25) is 0 Å². The summed E-state index contributed by atoms with van der Waals surface area (Å²) in [6.07, 6.45) is 2.72. The van der Waals surface area contributed by atoms with Crippen LogP contribution in [-0.4, -0.2) is 38.6 Å². The van der Waals surface area contributed by atoms with Crippen molar-refractivity contribution in [2.24, 2.45) is 0 Å². The molecule has 1 atom stereocenters. The van der Waals surface area contributed by atoms with Crippen molar-refractivity contribution < 1.29 is 4.79 Å². The van der Waals surface area contributed by atoms with E-state index in [1.165, 1.54) is 0 Å². The Morgan fingerprint density at radius 1 is 1.24 bits per heavy atom. The van der Waals surface area contributed by atoms with Crippen molar-refractivity contribution >= 4 is 22.9 Å². The number of para-hydroxylation sites is 1. The number of carbonyl (C=O) groups excluding carboxylic acids is 1. The van der Waals surface area contributed by atoms with Gasteiger partial charge in [0.1, 0.15) is 11.3 Å². The van der Waals surface area contributed by atoms with Crippen molar-refractivity contribution in [1.29, 1.82) is 0 Å². The van der Waals surface area contributed by atoms with Crippen LogP contribution in [0.3, 0.4) is 0 Å². The number of nitrogens with zero attached hydrogens (tertiary/aromatic N) is 4. The molecule has 1 aliphatic rings. The van der Waals surface area contributed by atoms with E-state index in [1.54, 1.807) is 6.20 Å². The molecule has 1 aliphatic heterocycles. The topological polar surface area (TPSA) is 63.1 Å². The van der Waals surface area contributed by atoms with Crippen LogP contribution in [0.25, 0.3) is 11.2 Å². The van der Waals surface area contributed by atoms with Crippen LogP contribution in [0.4, 0.5) is 10.5 Å². The first-order chi connectivity index (χ1) is 12.3. The molecule has 1 aromatic carbocycles. The van der Waals surface area contributed by atoms with Gasteiger partial charge in [-0.15, -0.1) is 0 Å². The van der Waals surface area contributed by atoms with Crippen LogP contribution in [0.2, 0.25) is 0 Å². The van der Waals surface area contributed by atoms with Crippen LogP contribution in [0.1, 0.15) is 25.1 Å². The Hall–Kier alpha value is -2.89. The number of likely N-dealkylation sites (tertiary alicyclic amines) is 1. The van der Waals surface area contributed by atoms with E-state index in [4.69, 9.17) is 4.98 Å². The fourth-order valence-corrected chi connectivity index (χ4v) is 3.48. The van der Waals surface area contributed by atoms with Crippen LogP contribution >= 0.6 is 0 Å². The number of pyridine rings is 1. The van der Waals surface area contributed by atoms with Gasteiger partial charge in [-0.05, 0) is 37.6 Å². The van der Waals surface area contributed by atoms with Crippen LogP contribution in [0, 0.1) is 0 Å². The van der Waals surface area contributed by atoms with E-state index in [2.05, 4.69) is 21.8 Å². The first-order valence-corrected chi connectivity index (χ1v) is 8.68. The molecule has 6 nitrogen and oxygen atoms in total. The Morgan fingerprint density at radius 2 is 2.08 bits per heavy atom. The molecule has 25 heavy (non-hydrogen) atoms. The SMILES string of the molecule is CCn1c(C2CCN(C(=O)Nc3ccccc3)C2)nc2cccnc21. The van der Waals surface area contributed by atoms with Gasteiger partial charge in [0.25, 0.3) is 0 Å². The lowest BCUT2D eigenvalue weighted by atomic mass is 10.1. The third kappa shape index (κ3) is 2.95. The molecule has 0 bridgehead atoms. The van der Waals surface area contributed by atoms with Crippen LogP contribution in [0.15, 0.2) is 48.7 Å². The number of rotatable bonds is 3. The van der Waals surface area contributed by atoms with E-state index >= 15 is 0 Å². The number of nitrogens with one attached hydrogen (secondary N) is 1. The lowest BCUT2D eigenvalue weighted by Crippen LogP contribution is -2.33. The molecule has 0 saturated carbocycles. The number of imidazole rings is 1. The largest absolute Gasteiger partial charge is 0.324 e. The Balaban J connectivity index is 1.52. The van der Waals surface area contributed by atoms with E-state index in [0.717, 1.165) is 42.2 Å². The van der Waals surface area contributed by atoms with E-state index in [0.29, 0.717) is 6.54 Å². The number of hydrogen-bond acceptors (Lipinski definition) is 3. The number of benzene rings is 1. The molecule has 0 spiro atoms. The van der Waals surface area contributed by atoms with E-state index in [1.807, 2.05) is 47.4 Å². The van der Waals surface area contributed by atoms with Crippen molar-refractivity contribution in [3.05, 3.63) is 54.5 Å². The monoisotopic (exact) mass is 335 g/mol. The van der Waals surface area contributed by atoms with Crippen molar-refractivity contribution in [2.75, 3.05) is 18.4 Å². The standard InChI is InChI=1S/C19H21N5O/c1-2-24-17(22-16-9-6-11-20-18(16)24)14-10-12-23(13-14)19(25)21-15-7-4-3-5-8-15/h3-9,11,14H,2,10,12-13H2,1H3,(H,21,25). The molecule has 3 aromatic rings. The average Bonchev–Trinajstić information content (AvgIpc) is 3.27. The lowest BCUT2D eigenvalue weighted by Gasteiger charge is -2.17. The molecule has 6 heteroatoms. The zero-order chi connectivity index (χ0) is 17.2. The maximum absolute atomic E-state index is 12.5. The summed E-state index contributed by atoms with van der Waals surface area (Å²) in [7, 11) is 0. The second kappa shape index (κ2) is 6.55. The molecule has 128 valence electrons. The van der Waals surface area contributed by atoms with Gasteiger partial charge in [0, 0.05) is 37.4 Å². The summed E-state index contributed by atoms with van der Waals surface area (Å²) in [5.74, 6) is 1.28. The summed E-state index contributed by atoms with van der Waals surface area (Å²) in [6.45, 7) is 4.36. The molecule has 1 N–H and O–H groups in total. The minimum Gasteiger partial charge on any atom is -0.324 e. The molecule has 0 aliphatic carbocycles. The van der Waals surface area contributed by atoms with E-state index in [-0.39, 0.29) is 11.9 Å². The number of anilines is 1. The average molecular weight is 335 g/mol. The zero-order valence-corrected chi connectivity index (χ0v) is 14.2. The summed E-state index contributed by atoms with van der Waals surface area (Å²) in [5, 5.41) is 2.96. The fourth-order valence-electron chi connectivity index (χ4n) is 3.48. The predicted molar refractivity (Wildman–Crippen MR) is 97.6 cm³/mol. The van der Waals surface area contributed by atoms with Crippen molar-refractivity contribution in [3.63, 3.8) is 0 Å². The Kier molecular flexibility index (Phi) is 4.09. The van der Waals surface area contributed by atoms with E-state index in [9.17, 15) is 4.79 Å². The van der Waals surface area contributed by atoms with Gasteiger partial charge in [-0.2, -0.15) is 0 Å². The summed E-state index contributed by atoms with van der Waals surface area (Å²) in [6, 6.07) is 13.4. The van der Waals surface area contributed by atoms with Gasteiger partial charge in [0.05, 0.1) is 0 Å². The highest BCUT2D eigenvalue weighted by Gasteiger charge is 2.31. The minimum absolute atomic E-state index is 0.0500. The molecule has 0 radical (unpaired) electrons. The summed E-state index contributed by atoms with van der Waals surface area (Å²) < 4.78 is 2.17. The minimum atomic E-state index is -0.0500. The second-order valence-corrected chi connectivity index (χ2v) is 6.29. The lowest BCUT2D eigenvalue weighted by molar-refractivity contribution is 0.222. The number of hydrogen-bond donors (Lipinski definition) is 1. The molecule has 3 heterocycles. The van der Waals surface area contributed by atoms with E-state index < -0.39 is 0 Å². The van der Waals surface area contributed by atoms with Crippen molar-refractivity contribution in [2.45, 2.75) is 25.8 Å². The molecule has 1 saturated heterocycles. The van der Waals surface area contributed by atoms with Gasteiger partial charge >= 0.3 is 6.03 Å². The number of fused-ring (bicyclic) bond motifs is 1. The third-order valence-corrected chi connectivity index (χ3v) is 4.72. The summed E-state index contributed by atoms with van der Waals surface area (Å²) in [5.41, 5.74) is 2.67. The molecule has 4 rings (SSSR count). The number of aromatic nitrogens is 3. The third-order valence-electron chi connectivity index (χ3n) is 4.72. The molecule has 2 aromatic heterocycles. The molecule has 2 amide bonds. The zero-order valence-electron chi connectivity index (χ0n) is 14.2. The Morgan fingerprint density at radius 3 is 2.88 bits per heavy atom. The molecular weight excluding hydrogens is 314 g/mol. The summed E-state index contributed by atoms with van der Waals surface area (Å²) >= 11 is 0. The number of aryl methyl sites for hydroxylation is 1. The van der Waals surface area contributed by atoms with Gasteiger partial charge < -0.3 is 14.8 Å². The maximum atomic E-state index is 12.5. The maximum Gasteiger partial charge on any atom is 0.321 e. The molecular formula is C19H21N5O. The number of amides is 2. The summed E-state index contributed by atoms with van der Waals surface area (Å²) in [4.78, 5) is 23.6. The normalized spacial score (nSPS) is 17.2. The smallest absolute Gasteiger partial charge is 0.321 e. The predicted octanol–water partition coefficient (Wildman–Crippen LogP) is 3.47. The van der Waals surface area contributed by atoms with Crippen LogP contribution < -0.4 is 5.32 Å². The van der Waals surface area contributed by atoms with Crippen molar-refractivity contribution in [3.8, 4) is 0 Å². The van der Waals surface area contributed by atoms with Gasteiger partial charge in [0.15, 0.2) is 5.65 Å². The fraction of sp³-hybridized carbons (Fsp3) is 0.316. The van der Waals surface area contributed by atoms with Gasteiger partial charge in [-0.3, -0.25) is 0 Å². The number of urea groups is 1. The first kappa shape index (κ1) is 15.6. The molecule has 1 unspecified atom stereocenters. The van der Waals surface area contributed by atoms with Gasteiger partial charge in [-0.1, -0.05) is 18.2 Å². The Labute approximate surface area is 146 Å². The quantitative estimate of drug-likeness (QED) is 0.797. The Bertz CT molecular complexity index is 889. The highest BCUT2D eigenvalue weighted by atomic mass is 16.2. The van der Waals surface area contributed by atoms with Gasteiger partial charge in [-0.25, -0.2) is 14.8 Å². The number of carbonyl (C=O) groups is 1. The first-order valence-electron chi connectivity index (χ1n) is 8.68. The highest BCUT2D eigenvalue weighted by molar-refractivity contribution is 5.89. The van der Waals surface area contributed by atoms with Crippen molar-refractivity contribution in [1.82, 2.24) is 19.4 Å². The highest BCUT2D eigenvalue weighted by Crippen LogP contribution is 2.29. The van der Waals surface area contributed by atoms with Crippen LogP contribution in [-0.2, 0) is 6.54 Å².